The van der Waals surface area contributed by atoms with Crippen molar-refractivity contribution in [1.29, 1.82) is 0 Å². The standard InChI is InChI=1S/C19H20FN7O/c20-12-7-21-8-14(12)25-16-4-1-3-13(24-16)15-9-22-17-10-23-18(11-27(15)17)26-6-2-5-19(26)28/h1,3-4,9-12,14,21H,2,5-8H2,(H,24,25)/t12-,14-/m0/s1. The molecule has 2 aliphatic heterocycles. The van der Waals surface area contributed by atoms with Crippen LogP contribution in [0.4, 0.5) is 16.0 Å². The first kappa shape index (κ1) is 17.1. The van der Waals surface area contributed by atoms with Crippen LogP contribution in [0.5, 0.6) is 0 Å². The van der Waals surface area contributed by atoms with Gasteiger partial charge in [-0.2, -0.15) is 0 Å². The van der Waals surface area contributed by atoms with Gasteiger partial charge in [-0.15, -0.1) is 0 Å². The molecule has 2 aliphatic rings. The number of alkyl halides is 1. The summed E-state index contributed by atoms with van der Waals surface area (Å²) < 4.78 is 15.8. The molecular weight excluding hydrogens is 361 g/mol. The van der Waals surface area contributed by atoms with Crippen molar-refractivity contribution in [3.05, 3.63) is 36.8 Å². The lowest BCUT2D eigenvalue weighted by atomic mass is 10.2. The van der Waals surface area contributed by atoms with Crippen LogP contribution in [0.15, 0.2) is 36.8 Å². The first-order chi connectivity index (χ1) is 13.7. The van der Waals surface area contributed by atoms with Gasteiger partial charge in [-0.05, 0) is 18.6 Å². The molecule has 2 N–H and O–H groups in total. The summed E-state index contributed by atoms with van der Waals surface area (Å²) in [5.41, 5.74) is 2.17. The van der Waals surface area contributed by atoms with Gasteiger partial charge in [0.15, 0.2) is 11.5 Å². The van der Waals surface area contributed by atoms with Gasteiger partial charge in [-0.1, -0.05) is 6.07 Å². The fourth-order valence-electron chi connectivity index (χ4n) is 3.73. The van der Waals surface area contributed by atoms with E-state index in [1.165, 1.54) is 0 Å². The number of nitrogens with zero attached hydrogens (tertiary/aromatic N) is 5. The van der Waals surface area contributed by atoms with E-state index in [0.717, 1.165) is 12.1 Å². The van der Waals surface area contributed by atoms with Crippen LogP contribution in [0.2, 0.25) is 0 Å². The third-order valence-electron chi connectivity index (χ3n) is 5.22. The zero-order valence-electron chi connectivity index (χ0n) is 15.2. The fraction of sp³-hybridized carbons (Fsp3) is 0.368. The molecule has 8 nitrogen and oxygen atoms in total. The highest BCUT2D eigenvalue weighted by Crippen LogP contribution is 2.24. The lowest BCUT2D eigenvalue weighted by Gasteiger charge is -2.16. The Bertz CT molecular complexity index is 1040. The number of hydrogen-bond acceptors (Lipinski definition) is 6. The molecule has 144 valence electrons. The normalized spacial score (nSPS) is 22.3. The van der Waals surface area contributed by atoms with Gasteiger partial charge in [-0.3, -0.25) is 14.1 Å². The summed E-state index contributed by atoms with van der Waals surface area (Å²) >= 11 is 0. The lowest BCUT2D eigenvalue weighted by Crippen LogP contribution is -2.29. The van der Waals surface area contributed by atoms with Crippen LogP contribution in [0.25, 0.3) is 17.0 Å². The molecule has 9 heteroatoms. The van der Waals surface area contributed by atoms with Gasteiger partial charge >= 0.3 is 0 Å². The number of amides is 1. The highest BCUT2D eigenvalue weighted by atomic mass is 19.1. The molecule has 3 aromatic rings. The minimum Gasteiger partial charge on any atom is -0.363 e. The number of pyridine rings is 1. The molecule has 0 aromatic carbocycles. The summed E-state index contributed by atoms with van der Waals surface area (Å²) in [7, 11) is 0. The zero-order valence-corrected chi connectivity index (χ0v) is 15.2. The smallest absolute Gasteiger partial charge is 0.228 e. The SMILES string of the molecule is O=C1CCCN1c1cn2c(-c3cccc(N[C@H]4CNC[C@@H]4F)n3)cnc2cn1. The molecular formula is C19H20FN7O. The molecule has 2 saturated heterocycles. The minimum atomic E-state index is -0.937. The van der Waals surface area contributed by atoms with Gasteiger partial charge in [0.2, 0.25) is 5.91 Å². The number of imidazole rings is 1. The predicted molar refractivity (Wildman–Crippen MR) is 103 cm³/mol. The van der Waals surface area contributed by atoms with Crippen molar-refractivity contribution in [1.82, 2.24) is 24.7 Å². The quantitative estimate of drug-likeness (QED) is 0.714. The van der Waals surface area contributed by atoms with Gasteiger partial charge in [0.05, 0.1) is 36.0 Å². The number of rotatable bonds is 4. The molecule has 0 unspecified atom stereocenters. The molecule has 28 heavy (non-hydrogen) atoms. The van der Waals surface area contributed by atoms with E-state index in [2.05, 4.69) is 25.6 Å². The molecule has 0 saturated carbocycles. The Balaban J connectivity index is 1.48. The van der Waals surface area contributed by atoms with E-state index in [-0.39, 0.29) is 11.9 Å². The average Bonchev–Trinajstić information content (AvgIpc) is 3.42. The summed E-state index contributed by atoms with van der Waals surface area (Å²) in [6.07, 6.45) is 5.67. The minimum absolute atomic E-state index is 0.0868. The Morgan fingerprint density at radius 1 is 1.21 bits per heavy atom. The van der Waals surface area contributed by atoms with E-state index >= 15 is 0 Å². The van der Waals surface area contributed by atoms with Crippen LogP contribution in [0, 0.1) is 0 Å². The fourth-order valence-corrected chi connectivity index (χ4v) is 3.73. The molecule has 2 fully saturated rings. The number of nitrogens with one attached hydrogen (secondary N) is 2. The van der Waals surface area contributed by atoms with E-state index < -0.39 is 6.17 Å². The van der Waals surface area contributed by atoms with Gasteiger partial charge in [-0.25, -0.2) is 19.3 Å². The monoisotopic (exact) mass is 381 g/mol. The molecule has 0 bridgehead atoms. The Morgan fingerprint density at radius 3 is 2.93 bits per heavy atom. The van der Waals surface area contributed by atoms with Gasteiger partial charge in [0.1, 0.15) is 12.0 Å². The lowest BCUT2D eigenvalue weighted by molar-refractivity contribution is -0.117. The molecule has 0 aliphatic carbocycles. The number of aromatic nitrogens is 4. The van der Waals surface area contributed by atoms with E-state index in [9.17, 15) is 9.18 Å². The molecule has 0 spiro atoms. The predicted octanol–water partition coefficient (Wildman–Crippen LogP) is 1.64. The molecule has 2 atom stereocenters. The Morgan fingerprint density at radius 2 is 2.14 bits per heavy atom. The number of carbonyl (C=O) groups is 1. The van der Waals surface area contributed by atoms with Crippen LogP contribution < -0.4 is 15.5 Å². The maximum Gasteiger partial charge on any atom is 0.228 e. The Hall–Kier alpha value is -3.07. The number of hydrogen-bond donors (Lipinski definition) is 2. The van der Waals surface area contributed by atoms with Crippen molar-refractivity contribution in [2.75, 3.05) is 29.9 Å². The summed E-state index contributed by atoms with van der Waals surface area (Å²) in [6.45, 7) is 1.61. The molecule has 3 aromatic heterocycles. The highest BCUT2D eigenvalue weighted by Gasteiger charge is 2.27. The number of halogens is 1. The molecule has 5 heterocycles. The van der Waals surface area contributed by atoms with E-state index in [4.69, 9.17) is 0 Å². The number of anilines is 2. The first-order valence-electron chi connectivity index (χ1n) is 9.41. The Kier molecular flexibility index (Phi) is 4.16. The maximum atomic E-state index is 13.9. The maximum absolute atomic E-state index is 13.9. The van der Waals surface area contributed by atoms with Crippen molar-refractivity contribution in [2.24, 2.45) is 0 Å². The van der Waals surface area contributed by atoms with Gasteiger partial charge in [0.25, 0.3) is 0 Å². The Labute approximate surface area is 160 Å². The van der Waals surface area contributed by atoms with Crippen LogP contribution in [0.1, 0.15) is 12.8 Å². The highest BCUT2D eigenvalue weighted by molar-refractivity contribution is 5.94. The van der Waals surface area contributed by atoms with Crippen molar-refractivity contribution in [2.45, 2.75) is 25.1 Å². The van der Waals surface area contributed by atoms with E-state index in [1.807, 2.05) is 28.8 Å². The average molecular weight is 381 g/mol. The molecule has 1 amide bonds. The third kappa shape index (κ3) is 2.97. The second-order valence-electron chi connectivity index (χ2n) is 7.10. The van der Waals surface area contributed by atoms with Gasteiger partial charge < -0.3 is 10.6 Å². The van der Waals surface area contributed by atoms with E-state index in [1.54, 1.807) is 17.3 Å². The van der Waals surface area contributed by atoms with Crippen molar-refractivity contribution in [3.8, 4) is 11.4 Å². The van der Waals surface area contributed by atoms with Gasteiger partial charge in [0, 0.05) is 26.1 Å². The number of carbonyl (C=O) groups excluding carboxylic acids is 1. The van der Waals surface area contributed by atoms with Crippen LogP contribution in [-0.4, -0.2) is 57.1 Å². The first-order valence-corrected chi connectivity index (χ1v) is 9.41. The summed E-state index contributed by atoms with van der Waals surface area (Å²) in [6, 6.07) is 5.30. The van der Waals surface area contributed by atoms with Crippen molar-refractivity contribution >= 4 is 23.2 Å². The number of fused-ring (bicyclic) bond motifs is 1. The van der Waals surface area contributed by atoms with Crippen LogP contribution in [0.3, 0.4) is 0 Å². The van der Waals surface area contributed by atoms with Crippen molar-refractivity contribution < 1.29 is 9.18 Å². The summed E-state index contributed by atoms with van der Waals surface area (Å²) in [5, 5.41) is 6.19. The molecule has 0 radical (unpaired) electrons. The topological polar surface area (TPSA) is 87.5 Å². The second kappa shape index (κ2) is 6.83. The molecule has 5 rings (SSSR count). The summed E-state index contributed by atoms with van der Waals surface area (Å²) in [4.78, 5) is 27.2. The largest absolute Gasteiger partial charge is 0.363 e. The second-order valence-corrected chi connectivity index (χ2v) is 7.10. The summed E-state index contributed by atoms with van der Waals surface area (Å²) in [5.74, 6) is 1.32. The zero-order chi connectivity index (χ0) is 19.1. The van der Waals surface area contributed by atoms with Crippen LogP contribution >= 0.6 is 0 Å². The van der Waals surface area contributed by atoms with E-state index in [0.29, 0.717) is 49.0 Å². The third-order valence-corrected chi connectivity index (χ3v) is 5.22. The van der Waals surface area contributed by atoms with Crippen LogP contribution in [-0.2, 0) is 4.79 Å². The van der Waals surface area contributed by atoms with Crippen molar-refractivity contribution in [3.63, 3.8) is 0 Å².